The summed E-state index contributed by atoms with van der Waals surface area (Å²) >= 11 is 0. The molecule has 1 atom stereocenters. The molecule has 170 valence electrons. The van der Waals surface area contributed by atoms with Crippen LogP contribution < -0.4 is 4.74 Å². The van der Waals surface area contributed by atoms with Gasteiger partial charge in [0.15, 0.2) is 6.10 Å². The van der Waals surface area contributed by atoms with Crippen molar-refractivity contribution in [2.24, 2.45) is 5.92 Å². The quantitative estimate of drug-likeness (QED) is 0.697. The molecular weight excluding hydrogens is 425 g/mol. The van der Waals surface area contributed by atoms with Crippen LogP contribution in [0, 0.1) is 17.2 Å². The van der Waals surface area contributed by atoms with Gasteiger partial charge in [-0.25, -0.2) is 0 Å². The van der Waals surface area contributed by atoms with Crippen LogP contribution in [0.2, 0.25) is 0 Å². The number of carbonyl (C=O) groups excluding carboxylic acids is 1. The highest BCUT2D eigenvalue weighted by atomic mass is 19.4. The Morgan fingerprint density at radius 2 is 2.09 bits per heavy atom. The monoisotopic (exact) mass is 448 g/mol. The molecule has 1 saturated heterocycles. The van der Waals surface area contributed by atoms with E-state index in [1.165, 1.54) is 23.1 Å². The van der Waals surface area contributed by atoms with Gasteiger partial charge >= 0.3 is 6.18 Å². The van der Waals surface area contributed by atoms with Gasteiger partial charge in [-0.3, -0.25) is 9.48 Å². The Bertz CT molecular complexity index is 1040. The van der Waals surface area contributed by atoms with Crippen molar-refractivity contribution in [1.82, 2.24) is 14.7 Å². The van der Waals surface area contributed by atoms with E-state index in [-0.39, 0.29) is 16.9 Å². The standard InChI is InChI=1S/C22H23F3N4O3/c1-14(22(23,24)25)32-20-3-2-16(9-26)8-18(20)21(30)28-12-17-10-27-29(19(17)13-28)11-15-4-6-31-7-5-15/h2-3,8,10,14-15H,4-7,11-13H2,1H3. The van der Waals surface area contributed by atoms with Crippen molar-refractivity contribution in [2.75, 3.05) is 13.2 Å². The summed E-state index contributed by atoms with van der Waals surface area (Å²) in [4.78, 5) is 14.8. The smallest absolute Gasteiger partial charge is 0.425 e. The van der Waals surface area contributed by atoms with E-state index >= 15 is 0 Å². The minimum absolute atomic E-state index is 0.0609. The Hall–Kier alpha value is -3.06. The SMILES string of the molecule is CC(Oc1ccc(C#N)cc1C(=O)N1Cc2cnn(CC3CCOCC3)c2C1)C(F)(F)F. The van der Waals surface area contributed by atoms with Crippen molar-refractivity contribution in [2.45, 2.75) is 51.7 Å². The molecule has 4 rings (SSSR count). The number of halogens is 3. The number of carbonyl (C=O) groups is 1. The summed E-state index contributed by atoms with van der Waals surface area (Å²) in [5, 5.41) is 13.7. The van der Waals surface area contributed by atoms with Gasteiger partial charge in [0.2, 0.25) is 0 Å². The average Bonchev–Trinajstić information content (AvgIpc) is 3.35. The molecule has 0 spiro atoms. The largest absolute Gasteiger partial charge is 0.480 e. The summed E-state index contributed by atoms with van der Waals surface area (Å²) < 4.78 is 51.4. The van der Waals surface area contributed by atoms with Gasteiger partial charge in [0.1, 0.15) is 5.75 Å². The van der Waals surface area contributed by atoms with Crippen molar-refractivity contribution in [3.8, 4) is 11.8 Å². The van der Waals surface area contributed by atoms with E-state index in [4.69, 9.17) is 9.47 Å². The highest BCUT2D eigenvalue weighted by Gasteiger charge is 2.39. The lowest BCUT2D eigenvalue weighted by Crippen LogP contribution is -2.33. The van der Waals surface area contributed by atoms with Gasteiger partial charge in [-0.1, -0.05) is 0 Å². The van der Waals surface area contributed by atoms with Crippen LogP contribution in [0.3, 0.4) is 0 Å². The highest BCUT2D eigenvalue weighted by molar-refractivity contribution is 5.97. The number of amides is 1. The predicted molar refractivity (Wildman–Crippen MR) is 107 cm³/mol. The van der Waals surface area contributed by atoms with E-state index in [1.54, 1.807) is 6.20 Å². The number of rotatable bonds is 5. The zero-order chi connectivity index (χ0) is 22.9. The van der Waals surface area contributed by atoms with Crippen LogP contribution >= 0.6 is 0 Å². The molecule has 3 heterocycles. The lowest BCUT2D eigenvalue weighted by atomic mass is 10.0. The fraction of sp³-hybridized carbons (Fsp3) is 0.500. The highest BCUT2D eigenvalue weighted by Crippen LogP contribution is 2.31. The molecule has 10 heteroatoms. The minimum atomic E-state index is -4.58. The van der Waals surface area contributed by atoms with Crippen LogP contribution in [0.4, 0.5) is 13.2 Å². The zero-order valence-electron chi connectivity index (χ0n) is 17.6. The maximum Gasteiger partial charge on any atom is 0.425 e. The Kier molecular flexibility index (Phi) is 6.11. The van der Waals surface area contributed by atoms with Crippen molar-refractivity contribution < 1.29 is 27.4 Å². The van der Waals surface area contributed by atoms with Crippen LogP contribution in [0.25, 0.3) is 0 Å². The second-order valence-corrected chi connectivity index (χ2v) is 8.14. The lowest BCUT2D eigenvalue weighted by Gasteiger charge is -2.23. The Labute approximate surface area is 183 Å². The lowest BCUT2D eigenvalue weighted by molar-refractivity contribution is -0.189. The number of hydrogen-bond donors (Lipinski definition) is 0. The fourth-order valence-corrected chi connectivity index (χ4v) is 3.98. The molecule has 2 aromatic rings. The van der Waals surface area contributed by atoms with Gasteiger partial charge in [-0.05, 0) is 43.9 Å². The molecule has 0 saturated carbocycles. The molecule has 1 amide bonds. The van der Waals surface area contributed by atoms with E-state index in [0.29, 0.717) is 19.0 Å². The third-order valence-corrected chi connectivity index (χ3v) is 5.90. The van der Waals surface area contributed by atoms with E-state index in [0.717, 1.165) is 50.8 Å². The van der Waals surface area contributed by atoms with Crippen molar-refractivity contribution in [3.05, 3.63) is 46.8 Å². The van der Waals surface area contributed by atoms with E-state index in [1.807, 2.05) is 10.8 Å². The van der Waals surface area contributed by atoms with Gasteiger partial charge in [0.05, 0.1) is 35.6 Å². The Balaban J connectivity index is 1.53. The van der Waals surface area contributed by atoms with Crippen LogP contribution in [-0.2, 0) is 24.4 Å². The number of hydrogen-bond acceptors (Lipinski definition) is 5. The third kappa shape index (κ3) is 4.58. The molecule has 1 fully saturated rings. The second kappa shape index (κ2) is 8.82. The van der Waals surface area contributed by atoms with Crippen molar-refractivity contribution >= 4 is 5.91 Å². The number of fused-ring (bicyclic) bond motifs is 1. The first-order chi connectivity index (χ1) is 15.3. The summed E-state index contributed by atoms with van der Waals surface area (Å²) in [5.41, 5.74) is 1.94. The van der Waals surface area contributed by atoms with Gasteiger partial charge in [0.25, 0.3) is 5.91 Å². The van der Waals surface area contributed by atoms with Crippen molar-refractivity contribution in [1.29, 1.82) is 5.26 Å². The molecular formula is C22H23F3N4O3. The summed E-state index contributed by atoms with van der Waals surface area (Å²) in [6.07, 6.45) is -3.03. The van der Waals surface area contributed by atoms with Crippen LogP contribution in [0.1, 0.15) is 46.9 Å². The van der Waals surface area contributed by atoms with Gasteiger partial charge in [0, 0.05) is 31.9 Å². The summed E-state index contributed by atoms with van der Waals surface area (Å²) in [6.45, 7) is 3.67. The van der Waals surface area contributed by atoms with E-state index in [2.05, 4.69) is 5.10 Å². The summed E-state index contributed by atoms with van der Waals surface area (Å²) in [5.74, 6) is -0.229. The molecule has 1 aromatic carbocycles. The summed E-state index contributed by atoms with van der Waals surface area (Å²) in [6, 6.07) is 5.77. The second-order valence-electron chi connectivity index (χ2n) is 8.14. The topological polar surface area (TPSA) is 80.4 Å². The molecule has 32 heavy (non-hydrogen) atoms. The molecule has 2 aliphatic rings. The van der Waals surface area contributed by atoms with E-state index < -0.39 is 18.2 Å². The number of nitriles is 1. The average molecular weight is 448 g/mol. The fourth-order valence-electron chi connectivity index (χ4n) is 3.98. The number of benzene rings is 1. The van der Waals surface area contributed by atoms with Gasteiger partial charge in [-0.2, -0.15) is 23.5 Å². The van der Waals surface area contributed by atoms with Crippen LogP contribution in [0.5, 0.6) is 5.75 Å². The summed E-state index contributed by atoms with van der Waals surface area (Å²) in [7, 11) is 0. The maximum absolute atomic E-state index is 13.2. The Morgan fingerprint density at radius 3 is 2.78 bits per heavy atom. The molecule has 0 N–H and O–H groups in total. The van der Waals surface area contributed by atoms with Crippen LogP contribution in [-0.4, -0.2) is 46.1 Å². The number of ether oxygens (including phenoxy) is 2. The number of aromatic nitrogens is 2. The normalized spacial score (nSPS) is 17.7. The molecule has 1 aromatic heterocycles. The molecule has 0 radical (unpaired) electrons. The van der Waals surface area contributed by atoms with E-state index in [9.17, 15) is 23.2 Å². The van der Waals surface area contributed by atoms with Crippen LogP contribution in [0.15, 0.2) is 24.4 Å². The molecule has 1 unspecified atom stereocenters. The first-order valence-electron chi connectivity index (χ1n) is 10.4. The third-order valence-electron chi connectivity index (χ3n) is 5.90. The minimum Gasteiger partial charge on any atom is -0.480 e. The molecule has 0 aliphatic carbocycles. The first kappa shape index (κ1) is 22.1. The Morgan fingerprint density at radius 1 is 1.34 bits per heavy atom. The number of nitrogens with zero attached hydrogens (tertiary/aromatic N) is 4. The van der Waals surface area contributed by atoms with Gasteiger partial charge in [-0.15, -0.1) is 0 Å². The molecule has 7 nitrogen and oxygen atoms in total. The zero-order valence-corrected chi connectivity index (χ0v) is 17.6. The predicted octanol–water partition coefficient (Wildman–Crippen LogP) is 3.67. The van der Waals surface area contributed by atoms with Crippen molar-refractivity contribution in [3.63, 3.8) is 0 Å². The molecule has 0 bridgehead atoms. The maximum atomic E-state index is 13.2. The first-order valence-corrected chi connectivity index (χ1v) is 10.4. The molecule has 2 aliphatic heterocycles. The number of alkyl halides is 3. The van der Waals surface area contributed by atoms with Gasteiger partial charge < -0.3 is 14.4 Å².